The van der Waals surface area contributed by atoms with Gasteiger partial charge in [-0.2, -0.15) is 0 Å². The fourth-order valence-electron chi connectivity index (χ4n) is 3.09. The second kappa shape index (κ2) is 8.07. The highest BCUT2D eigenvalue weighted by molar-refractivity contribution is 7.37. The van der Waals surface area contributed by atoms with E-state index in [1.165, 1.54) is 11.1 Å². The molecule has 0 saturated carbocycles. The molecule has 0 amide bonds. The lowest BCUT2D eigenvalue weighted by Crippen LogP contribution is -2.01. The molecular formula is C20H27O4P. The summed E-state index contributed by atoms with van der Waals surface area (Å²) in [5.41, 5.74) is 6.42. The first kappa shape index (κ1) is 19.6. The topological polar surface area (TPSA) is 66.8 Å². The number of rotatable bonds is 6. The summed E-state index contributed by atoms with van der Waals surface area (Å²) in [7, 11) is -2.63. The molecule has 25 heavy (non-hydrogen) atoms. The summed E-state index contributed by atoms with van der Waals surface area (Å²) in [6.45, 7) is 10.1. The zero-order chi connectivity index (χ0) is 18.7. The number of hydrogen-bond acceptors (Lipinski definition) is 3. The second-order valence-electron chi connectivity index (χ2n) is 6.90. The summed E-state index contributed by atoms with van der Waals surface area (Å²) in [5.74, 6) is 1.27. The summed E-state index contributed by atoms with van der Waals surface area (Å²) in [6.07, 6.45) is 0.618. The smallest absolute Gasteiger partial charge is 0.225 e. The Labute approximate surface area is 150 Å². The average molecular weight is 362 g/mol. The van der Waals surface area contributed by atoms with Crippen molar-refractivity contribution in [2.24, 2.45) is 0 Å². The molecule has 136 valence electrons. The van der Waals surface area contributed by atoms with Gasteiger partial charge in [-0.3, -0.25) is 4.57 Å². The molecule has 0 bridgehead atoms. The van der Waals surface area contributed by atoms with Crippen molar-refractivity contribution >= 4 is 8.03 Å². The molecule has 0 aliphatic rings. The van der Waals surface area contributed by atoms with Gasteiger partial charge in [-0.25, -0.2) is 0 Å². The normalized spacial score (nSPS) is 12.4. The van der Waals surface area contributed by atoms with Gasteiger partial charge in [0.1, 0.15) is 11.5 Å². The maximum atomic E-state index is 10.8. The van der Waals surface area contributed by atoms with Gasteiger partial charge in [-0.05, 0) is 78.6 Å². The van der Waals surface area contributed by atoms with Crippen LogP contribution in [0, 0.1) is 20.8 Å². The van der Waals surface area contributed by atoms with E-state index in [4.69, 9.17) is 9.63 Å². The van der Waals surface area contributed by atoms with Gasteiger partial charge in [0.15, 0.2) is 6.35 Å². The van der Waals surface area contributed by atoms with Gasteiger partial charge in [0.2, 0.25) is 8.03 Å². The van der Waals surface area contributed by atoms with E-state index < -0.39 is 8.03 Å². The number of phenolic OH excluding ortho intramolecular Hbond substituents is 1. The Morgan fingerprint density at radius 2 is 1.64 bits per heavy atom. The molecule has 0 spiro atoms. The van der Waals surface area contributed by atoms with E-state index in [-0.39, 0.29) is 12.3 Å². The zero-order valence-electron chi connectivity index (χ0n) is 15.5. The highest BCUT2D eigenvalue weighted by Crippen LogP contribution is 2.32. The first-order chi connectivity index (χ1) is 11.7. The van der Waals surface area contributed by atoms with Crippen LogP contribution in [0.1, 0.15) is 53.1 Å². The van der Waals surface area contributed by atoms with E-state index >= 15 is 0 Å². The number of benzene rings is 2. The maximum Gasteiger partial charge on any atom is 0.225 e. The molecule has 2 aromatic carbocycles. The summed E-state index contributed by atoms with van der Waals surface area (Å²) in [6, 6.07) is 7.92. The van der Waals surface area contributed by atoms with Gasteiger partial charge in [-0.1, -0.05) is 26.0 Å². The van der Waals surface area contributed by atoms with Crippen molar-refractivity contribution in [3.8, 4) is 11.5 Å². The van der Waals surface area contributed by atoms with Crippen LogP contribution in [0.5, 0.6) is 11.5 Å². The molecule has 0 aliphatic heterocycles. The molecular weight excluding hydrogens is 335 g/mol. The molecule has 1 unspecified atom stereocenters. The SMILES string of the molecule is Cc1cc(Cc2c(C)cc(OC[PH](=O)O)cc2C)cc(C(C)C)c1O. The predicted octanol–water partition coefficient (Wildman–Crippen LogP) is 4.83. The third-order valence-corrected chi connectivity index (χ3v) is 4.82. The van der Waals surface area contributed by atoms with Gasteiger partial charge >= 0.3 is 0 Å². The van der Waals surface area contributed by atoms with Gasteiger partial charge in [0.25, 0.3) is 0 Å². The lowest BCUT2D eigenvalue weighted by molar-refractivity contribution is 0.360. The molecule has 1 atom stereocenters. The summed E-state index contributed by atoms with van der Waals surface area (Å²) in [5, 5.41) is 10.2. The number of ether oxygens (including phenoxy) is 1. The minimum Gasteiger partial charge on any atom is -0.507 e. The molecule has 4 nitrogen and oxygen atoms in total. The van der Waals surface area contributed by atoms with Crippen LogP contribution in [0.2, 0.25) is 0 Å². The Morgan fingerprint density at radius 1 is 1.04 bits per heavy atom. The largest absolute Gasteiger partial charge is 0.507 e. The minimum absolute atomic E-state index is 0.155. The summed E-state index contributed by atoms with van der Waals surface area (Å²) in [4.78, 5) is 8.92. The first-order valence-electron chi connectivity index (χ1n) is 8.46. The average Bonchev–Trinajstić information content (AvgIpc) is 2.51. The Bertz CT molecular complexity index is 774. The fourth-order valence-corrected chi connectivity index (χ4v) is 3.38. The van der Waals surface area contributed by atoms with Crippen LogP contribution >= 0.6 is 8.03 Å². The Hall–Kier alpha value is -1.77. The lowest BCUT2D eigenvalue weighted by Gasteiger charge is -2.16. The third kappa shape index (κ3) is 4.87. The van der Waals surface area contributed by atoms with Crippen LogP contribution in [0.3, 0.4) is 0 Å². The van der Waals surface area contributed by atoms with Crippen molar-refractivity contribution < 1.29 is 19.3 Å². The predicted molar refractivity (Wildman–Crippen MR) is 102 cm³/mol. The van der Waals surface area contributed by atoms with E-state index in [0.717, 1.165) is 28.7 Å². The van der Waals surface area contributed by atoms with Crippen LogP contribution in [0.25, 0.3) is 0 Å². The Kier molecular flexibility index (Phi) is 6.31. The number of hydrogen-bond donors (Lipinski definition) is 2. The van der Waals surface area contributed by atoms with Crippen molar-refractivity contribution in [2.75, 3.05) is 6.35 Å². The molecule has 2 aromatic rings. The maximum absolute atomic E-state index is 10.8. The summed E-state index contributed by atoms with van der Waals surface area (Å²) >= 11 is 0. The quantitative estimate of drug-likeness (QED) is 0.722. The summed E-state index contributed by atoms with van der Waals surface area (Å²) < 4.78 is 16.2. The molecule has 5 heteroatoms. The van der Waals surface area contributed by atoms with Crippen LogP contribution < -0.4 is 4.74 Å². The van der Waals surface area contributed by atoms with E-state index in [1.807, 2.05) is 39.0 Å². The third-order valence-electron chi connectivity index (χ3n) is 4.42. The monoisotopic (exact) mass is 362 g/mol. The molecule has 0 saturated heterocycles. The number of aryl methyl sites for hydroxylation is 3. The molecule has 2 rings (SSSR count). The zero-order valence-corrected chi connectivity index (χ0v) is 16.5. The van der Waals surface area contributed by atoms with Crippen LogP contribution in [0.4, 0.5) is 0 Å². The van der Waals surface area contributed by atoms with Crippen molar-refractivity contribution in [2.45, 2.75) is 47.0 Å². The lowest BCUT2D eigenvalue weighted by atomic mass is 9.91. The van der Waals surface area contributed by atoms with Gasteiger partial charge in [-0.15, -0.1) is 0 Å². The Balaban J connectivity index is 2.33. The highest BCUT2D eigenvalue weighted by atomic mass is 31.1. The second-order valence-corrected chi connectivity index (χ2v) is 7.98. The van der Waals surface area contributed by atoms with E-state index in [9.17, 15) is 9.67 Å². The number of aromatic hydroxyl groups is 1. The van der Waals surface area contributed by atoms with Crippen molar-refractivity contribution in [3.05, 3.63) is 57.6 Å². The molecule has 0 heterocycles. The molecule has 0 aliphatic carbocycles. The van der Waals surface area contributed by atoms with E-state index in [1.54, 1.807) is 0 Å². The Morgan fingerprint density at radius 3 is 2.16 bits per heavy atom. The van der Waals surface area contributed by atoms with Crippen LogP contribution in [-0.2, 0) is 11.0 Å². The van der Waals surface area contributed by atoms with Crippen molar-refractivity contribution in [1.29, 1.82) is 0 Å². The standard InChI is InChI=1S/C20H27O4P/c1-12(2)18-9-16(6-15(5)20(18)21)10-19-13(3)7-17(8-14(19)4)24-11-25(22)23/h6-9,12,21,25H,10-11H2,1-5H3,(H,22,23). The van der Waals surface area contributed by atoms with Crippen molar-refractivity contribution in [3.63, 3.8) is 0 Å². The highest BCUT2D eigenvalue weighted by Gasteiger charge is 2.13. The first-order valence-corrected chi connectivity index (χ1v) is 10.0. The van der Waals surface area contributed by atoms with Gasteiger partial charge in [0, 0.05) is 0 Å². The minimum atomic E-state index is -2.63. The number of phenols is 1. The van der Waals surface area contributed by atoms with Crippen LogP contribution in [-0.4, -0.2) is 16.3 Å². The molecule has 0 fully saturated rings. The molecule has 2 N–H and O–H groups in total. The van der Waals surface area contributed by atoms with Crippen LogP contribution in [0.15, 0.2) is 24.3 Å². The molecule has 0 aromatic heterocycles. The van der Waals surface area contributed by atoms with Crippen molar-refractivity contribution in [1.82, 2.24) is 0 Å². The van der Waals surface area contributed by atoms with E-state index in [2.05, 4.69) is 19.9 Å². The molecule has 0 radical (unpaired) electrons. The van der Waals surface area contributed by atoms with Gasteiger partial charge in [0.05, 0.1) is 0 Å². The van der Waals surface area contributed by atoms with E-state index in [0.29, 0.717) is 11.5 Å². The van der Waals surface area contributed by atoms with Gasteiger partial charge < -0.3 is 14.7 Å². The fraction of sp³-hybridized carbons (Fsp3) is 0.400.